The van der Waals surface area contributed by atoms with Gasteiger partial charge in [-0.3, -0.25) is 14.4 Å². The van der Waals surface area contributed by atoms with E-state index in [0.29, 0.717) is 24.7 Å². The highest BCUT2D eigenvalue weighted by molar-refractivity contribution is 5.76. The number of nitrogens with zero attached hydrogens (tertiary/aromatic N) is 4. The molecule has 1 aromatic heterocycles. The number of rotatable bonds is 5. The Hall–Kier alpha value is -1.40. The van der Waals surface area contributed by atoms with Crippen LogP contribution in [0, 0.1) is 0 Å². The molecular formula is C16H26N4O2. The van der Waals surface area contributed by atoms with Crippen molar-refractivity contribution in [3.63, 3.8) is 0 Å². The molecule has 3 rings (SSSR count). The van der Waals surface area contributed by atoms with Crippen molar-refractivity contribution < 1.29 is 9.53 Å². The molecule has 3 atom stereocenters. The lowest BCUT2D eigenvalue weighted by atomic mass is 10.1. The van der Waals surface area contributed by atoms with Gasteiger partial charge in [-0.05, 0) is 31.7 Å². The lowest BCUT2D eigenvalue weighted by Gasteiger charge is -2.35. The van der Waals surface area contributed by atoms with Gasteiger partial charge in [0.25, 0.3) is 0 Å². The van der Waals surface area contributed by atoms with Crippen LogP contribution < -0.4 is 0 Å². The van der Waals surface area contributed by atoms with Crippen molar-refractivity contribution in [1.29, 1.82) is 0 Å². The predicted octanol–water partition coefficient (Wildman–Crippen LogP) is 0.983. The third-order valence-corrected chi connectivity index (χ3v) is 5.17. The molecule has 1 aromatic rings. The van der Waals surface area contributed by atoms with Crippen molar-refractivity contribution in [2.45, 2.75) is 50.4 Å². The van der Waals surface area contributed by atoms with Crippen LogP contribution in [0.3, 0.4) is 0 Å². The lowest BCUT2D eigenvalue weighted by Crippen LogP contribution is -2.49. The second-order valence-corrected chi connectivity index (χ2v) is 6.42. The number of ether oxygens (including phenoxy) is 1. The van der Waals surface area contributed by atoms with E-state index in [1.165, 1.54) is 12.8 Å². The smallest absolute Gasteiger partial charge is 0.244 e. The molecule has 0 aromatic carbocycles. The van der Waals surface area contributed by atoms with E-state index in [-0.39, 0.29) is 5.91 Å². The van der Waals surface area contributed by atoms with E-state index < -0.39 is 0 Å². The van der Waals surface area contributed by atoms with E-state index in [1.54, 1.807) is 18.0 Å². The molecule has 6 nitrogen and oxygen atoms in total. The van der Waals surface area contributed by atoms with Gasteiger partial charge in [0.05, 0.1) is 6.10 Å². The van der Waals surface area contributed by atoms with Crippen LogP contribution in [0.25, 0.3) is 0 Å². The largest absolute Gasteiger partial charge is 0.380 e. The third kappa shape index (κ3) is 3.17. The highest BCUT2D eigenvalue weighted by Gasteiger charge is 2.39. The fourth-order valence-electron chi connectivity index (χ4n) is 3.88. The fourth-order valence-corrected chi connectivity index (χ4v) is 3.88. The predicted molar refractivity (Wildman–Crippen MR) is 83.4 cm³/mol. The van der Waals surface area contributed by atoms with Crippen LogP contribution in [-0.2, 0) is 16.1 Å². The first-order chi connectivity index (χ1) is 10.7. The van der Waals surface area contributed by atoms with Gasteiger partial charge >= 0.3 is 0 Å². The molecule has 122 valence electrons. The van der Waals surface area contributed by atoms with Crippen LogP contribution >= 0.6 is 0 Å². The molecule has 1 aliphatic heterocycles. The zero-order valence-electron chi connectivity index (χ0n) is 13.5. The zero-order valence-corrected chi connectivity index (χ0v) is 13.5. The number of likely N-dealkylation sites (tertiary alicyclic amines) is 1. The molecule has 1 unspecified atom stereocenters. The minimum atomic E-state index is 0.142. The molecule has 1 amide bonds. The van der Waals surface area contributed by atoms with Crippen molar-refractivity contribution in [1.82, 2.24) is 19.6 Å². The van der Waals surface area contributed by atoms with E-state index >= 15 is 0 Å². The summed E-state index contributed by atoms with van der Waals surface area (Å²) < 4.78 is 7.17. The van der Waals surface area contributed by atoms with Gasteiger partial charge in [0.15, 0.2) is 0 Å². The Morgan fingerprint density at radius 2 is 2.27 bits per heavy atom. The molecule has 1 aliphatic carbocycles. The Kier molecular flexibility index (Phi) is 4.78. The lowest BCUT2D eigenvalue weighted by molar-refractivity contribution is -0.133. The summed E-state index contributed by atoms with van der Waals surface area (Å²) in [5, 5.41) is 4.12. The van der Waals surface area contributed by atoms with Gasteiger partial charge in [-0.25, -0.2) is 0 Å². The van der Waals surface area contributed by atoms with Crippen LogP contribution in [0.4, 0.5) is 0 Å². The standard InChI is InChI=1S/C16H26N4O2/c1-18(16(21)12-20-9-4-8-17-20)14-5-3-6-15(14)19-10-7-13(11-19)22-2/h4,8-9,13-15H,3,5-7,10-12H2,1-2H3/t13?,14-,15+/m1/s1. The minimum absolute atomic E-state index is 0.142. The van der Waals surface area contributed by atoms with Gasteiger partial charge in [-0.15, -0.1) is 0 Å². The molecule has 2 heterocycles. The second kappa shape index (κ2) is 6.79. The molecule has 6 heteroatoms. The van der Waals surface area contributed by atoms with E-state index in [0.717, 1.165) is 25.9 Å². The highest BCUT2D eigenvalue weighted by atomic mass is 16.5. The normalized spacial score (nSPS) is 29.1. The molecule has 22 heavy (non-hydrogen) atoms. The summed E-state index contributed by atoms with van der Waals surface area (Å²) in [7, 11) is 3.73. The van der Waals surface area contributed by atoms with Gasteiger partial charge in [0.1, 0.15) is 6.54 Å². The molecule has 0 N–H and O–H groups in total. The molecule has 2 fully saturated rings. The molecule has 0 radical (unpaired) electrons. The number of carbonyl (C=O) groups is 1. The van der Waals surface area contributed by atoms with Crippen LogP contribution in [0.2, 0.25) is 0 Å². The maximum Gasteiger partial charge on any atom is 0.244 e. The summed E-state index contributed by atoms with van der Waals surface area (Å²) in [6.07, 6.45) is 8.47. The molecule has 0 spiro atoms. The molecule has 1 saturated heterocycles. The fraction of sp³-hybridized carbons (Fsp3) is 0.750. The van der Waals surface area contributed by atoms with Crippen LogP contribution in [0.5, 0.6) is 0 Å². The van der Waals surface area contributed by atoms with E-state index in [2.05, 4.69) is 10.00 Å². The van der Waals surface area contributed by atoms with Gasteiger partial charge in [-0.1, -0.05) is 0 Å². The Morgan fingerprint density at radius 3 is 2.95 bits per heavy atom. The number of hydrogen-bond acceptors (Lipinski definition) is 4. The molecule has 1 saturated carbocycles. The topological polar surface area (TPSA) is 50.6 Å². The van der Waals surface area contributed by atoms with E-state index in [1.807, 2.05) is 24.2 Å². The Morgan fingerprint density at radius 1 is 1.41 bits per heavy atom. The summed E-state index contributed by atoms with van der Waals surface area (Å²) in [5.41, 5.74) is 0. The van der Waals surface area contributed by atoms with Gasteiger partial charge in [-0.2, -0.15) is 5.10 Å². The summed E-state index contributed by atoms with van der Waals surface area (Å²) in [5.74, 6) is 0.142. The van der Waals surface area contributed by atoms with Crippen molar-refractivity contribution in [2.75, 3.05) is 27.2 Å². The minimum Gasteiger partial charge on any atom is -0.380 e. The van der Waals surface area contributed by atoms with E-state index in [4.69, 9.17) is 4.74 Å². The van der Waals surface area contributed by atoms with Gasteiger partial charge in [0.2, 0.25) is 5.91 Å². The van der Waals surface area contributed by atoms with Crippen LogP contribution in [0.1, 0.15) is 25.7 Å². The maximum absolute atomic E-state index is 12.5. The van der Waals surface area contributed by atoms with Crippen molar-refractivity contribution in [2.24, 2.45) is 0 Å². The molecule has 2 aliphatic rings. The van der Waals surface area contributed by atoms with Gasteiger partial charge in [0, 0.05) is 51.7 Å². The molecular weight excluding hydrogens is 280 g/mol. The Bertz CT molecular complexity index is 490. The van der Waals surface area contributed by atoms with Crippen molar-refractivity contribution in [3.8, 4) is 0 Å². The van der Waals surface area contributed by atoms with Crippen molar-refractivity contribution in [3.05, 3.63) is 18.5 Å². The van der Waals surface area contributed by atoms with Crippen LogP contribution in [0.15, 0.2) is 18.5 Å². The number of aromatic nitrogens is 2. The summed E-state index contributed by atoms with van der Waals surface area (Å²) in [6, 6.07) is 2.64. The zero-order chi connectivity index (χ0) is 15.5. The monoisotopic (exact) mass is 306 g/mol. The average molecular weight is 306 g/mol. The first-order valence-electron chi connectivity index (χ1n) is 8.19. The number of amides is 1. The summed E-state index contributed by atoms with van der Waals surface area (Å²) >= 11 is 0. The first-order valence-corrected chi connectivity index (χ1v) is 8.19. The number of methoxy groups -OCH3 is 1. The van der Waals surface area contributed by atoms with Crippen LogP contribution in [-0.4, -0.2) is 70.9 Å². The second-order valence-electron chi connectivity index (χ2n) is 6.42. The summed E-state index contributed by atoms with van der Waals surface area (Å²) in [6.45, 7) is 2.41. The number of hydrogen-bond donors (Lipinski definition) is 0. The van der Waals surface area contributed by atoms with Gasteiger partial charge < -0.3 is 9.64 Å². The maximum atomic E-state index is 12.5. The Labute approximate surface area is 132 Å². The van der Waals surface area contributed by atoms with Crippen molar-refractivity contribution >= 4 is 5.91 Å². The molecule has 0 bridgehead atoms. The van der Waals surface area contributed by atoms with E-state index in [9.17, 15) is 4.79 Å². The Balaban J connectivity index is 1.61. The summed E-state index contributed by atoms with van der Waals surface area (Å²) in [4.78, 5) is 17.0. The average Bonchev–Trinajstić information content (AvgIpc) is 3.26. The number of carbonyl (C=O) groups excluding carboxylic acids is 1. The number of likely N-dealkylation sites (N-methyl/N-ethyl adjacent to an activating group) is 1. The SMILES string of the molecule is COC1CCN([C@H]2CCC[C@H]2N(C)C(=O)Cn2cccn2)C1. The quantitative estimate of drug-likeness (QED) is 0.814. The highest BCUT2D eigenvalue weighted by Crippen LogP contribution is 2.30. The first kappa shape index (κ1) is 15.5. The third-order valence-electron chi connectivity index (χ3n) is 5.17.